The molecule has 2 unspecified atom stereocenters. The van der Waals surface area contributed by atoms with Crippen LogP contribution in [-0.2, 0) is 14.8 Å². The lowest BCUT2D eigenvalue weighted by atomic mass is 9.92. The Morgan fingerprint density at radius 3 is 2.59 bits per heavy atom. The van der Waals surface area contributed by atoms with Crippen molar-refractivity contribution in [2.75, 3.05) is 20.2 Å². The second-order valence-electron chi connectivity index (χ2n) is 5.83. The molecular weight excluding hydrogens is 306 g/mol. The summed E-state index contributed by atoms with van der Waals surface area (Å²) >= 11 is 0. The number of carboxylic acids is 1. The second kappa shape index (κ2) is 6.26. The number of rotatable bonds is 4. The third-order valence-corrected chi connectivity index (χ3v) is 5.97. The van der Waals surface area contributed by atoms with Crippen molar-refractivity contribution >= 4 is 16.0 Å². The molecule has 0 spiro atoms. The van der Waals surface area contributed by atoms with Gasteiger partial charge in [-0.15, -0.1) is 0 Å². The lowest BCUT2D eigenvalue weighted by Gasteiger charge is -2.34. The zero-order chi connectivity index (χ0) is 16.5. The number of aryl methyl sites for hydroxylation is 1. The van der Waals surface area contributed by atoms with E-state index in [4.69, 9.17) is 4.74 Å². The molecule has 7 heteroatoms. The van der Waals surface area contributed by atoms with Crippen LogP contribution in [-0.4, -0.2) is 44.0 Å². The summed E-state index contributed by atoms with van der Waals surface area (Å²) in [4.78, 5) is 11.4. The summed E-state index contributed by atoms with van der Waals surface area (Å²) in [5.74, 6) is -0.995. The molecule has 122 valence electrons. The van der Waals surface area contributed by atoms with Crippen LogP contribution in [0.1, 0.15) is 18.9 Å². The average Bonchev–Trinajstić information content (AvgIpc) is 2.46. The van der Waals surface area contributed by atoms with E-state index in [9.17, 15) is 18.3 Å². The number of carbonyl (C=O) groups is 1. The molecule has 0 aliphatic carbocycles. The van der Waals surface area contributed by atoms with Crippen molar-refractivity contribution in [2.45, 2.75) is 25.2 Å². The van der Waals surface area contributed by atoms with Gasteiger partial charge in [0.25, 0.3) is 0 Å². The zero-order valence-corrected chi connectivity index (χ0v) is 13.8. The number of hydrogen-bond donors (Lipinski definition) is 1. The molecule has 1 N–H and O–H groups in total. The van der Waals surface area contributed by atoms with Crippen LogP contribution in [0.3, 0.4) is 0 Å². The standard InChI is InChI=1S/C15H21NO5S/c1-10-6-12(15(17)18)9-16(8-10)22(19,20)14-5-4-13(21-3)7-11(14)2/h4-5,7,10,12H,6,8-9H2,1-3H3,(H,17,18). The van der Waals surface area contributed by atoms with Crippen LogP contribution in [0.5, 0.6) is 5.75 Å². The lowest BCUT2D eigenvalue weighted by Crippen LogP contribution is -2.45. The first-order valence-electron chi connectivity index (χ1n) is 7.13. The maximum atomic E-state index is 12.8. The van der Waals surface area contributed by atoms with Gasteiger partial charge in [0.2, 0.25) is 10.0 Å². The van der Waals surface area contributed by atoms with E-state index in [0.717, 1.165) is 0 Å². The number of sulfonamides is 1. The highest BCUT2D eigenvalue weighted by molar-refractivity contribution is 7.89. The summed E-state index contributed by atoms with van der Waals surface area (Å²) in [6.45, 7) is 3.95. The summed E-state index contributed by atoms with van der Waals surface area (Å²) in [6, 6.07) is 4.77. The Hall–Kier alpha value is -1.60. The van der Waals surface area contributed by atoms with E-state index in [2.05, 4.69) is 0 Å². The molecule has 0 saturated carbocycles. The first kappa shape index (κ1) is 16.8. The highest BCUT2D eigenvalue weighted by Crippen LogP contribution is 2.29. The minimum absolute atomic E-state index is 0.0168. The van der Waals surface area contributed by atoms with Gasteiger partial charge in [-0.05, 0) is 43.0 Å². The molecule has 1 aliphatic heterocycles. The zero-order valence-electron chi connectivity index (χ0n) is 12.9. The Morgan fingerprint density at radius 2 is 2.05 bits per heavy atom. The number of methoxy groups -OCH3 is 1. The predicted molar refractivity (Wildman–Crippen MR) is 81.4 cm³/mol. The Balaban J connectivity index is 2.35. The number of hydrogen-bond acceptors (Lipinski definition) is 4. The van der Waals surface area contributed by atoms with E-state index in [0.29, 0.717) is 24.3 Å². The molecule has 0 aromatic heterocycles. The molecule has 1 aromatic carbocycles. The van der Waals surface area contributed by atoms with Crippen molar-refractivity contribution in [3.05, 3.63) is 23.8 Å². The fraction of sp³-hybridized carbons (Fsp3) is 0.533. The Bertz CT molecular complexity index is 671. The molecule has 1 heterocycles. The molecule has 0 amide bonds. The molecule has 1 fully saturated rings. The van der Waals surface area contributed by atoms with Gasteiger partial charge in [0.15, 0.2) is 0 Å². The predicted octanol–water partition coefficient (Wildman–Crippen LogP) is 1.73. The lowest BCUT2D eigenvalue weighted by molar-refractivity contribution is -0.143. The van der Waals surface area contributed by atoms with Crippen LogP contribution in [0.25, 0.3) is 0 Å². The number of carboxylic acid groups (broad SMARTS) is 1. The van der Waals surface area contributed by atoms with Gasteiger partial charge in [-0.25, -0.2) is 8.42 Å². The van der Waals surface area contributed by atoms with Gasteiger partial charge in [-0.2, -0.15) is 4.31 Å². The number of aliphatic carboxylic acids is 1. The van der Waals surface area contributed by atoms with Gasteiger partial charge in [0, 0.05) is 13.1 Å². The maximum absolute atomic E-state index is 12.8. The Morgan fingerprint density at radius 1 is 1.36 bits per heavy atom. The molecule has 22 heavy (non-hydrogen) atoms. The fourth-order valence-corrected chi connectivity index (χ4v) is 4.67. The number of ether oxygens (including phenoxy) is 1. The van der Waals surface area contributed by atoms with Crippen LogP contribution in [0, 0.1) is 18.8 Å². The van der Waals surface area contributed by atoms with Crippen LogP contribution >= 0.6 is 0 Å². The van der Waals surface area contributed by atoms with E-state index in [-0.39, 0.29) is 17.4 Å². The Kier molecular flexibility index (Phi) is 4.77. The van der Waals surface area contributed by atoms with Crippen molar-refractivity contribution in [1.29, 1.82) is 0 Å². The molecular formula is C15H21NO5S. The molecule has 2 atom stereocenters. The number of benzene rings is 1. The minimum Gasteiger partial charge on any atom is -0.497 e. The topological polar surface area (TPSA) is 83.9 Å². The highest BCUT2D eigenvalue weighted by Gasteiger charge is 2.36. The third kappa shape index (κ3) is 3.25. The minimum atomic E-state index is -3.70. The van der Waals surface area contributed by atoms with E-state index in [1.807, 2.05) is 6.92 Å². The fourth-order valence-electron chi connectivity index (χ4n) is 2.86. The van der Waals surface area contributed by atoms with Gasteiger partial charge in [-0.1, -0.05) is 6.92 Å². The summed E-state index contributed by atoms with van der Waals surface area (Å²) in [6.07, 6.45) is 0.503. The van der Waals surface area contributed by atoms with Crippen LogP contribution < -0.4 is 4.74 Å². The van der Waals surface area contributed by atoms with Crippen molar-refractivity contribution in [3.8, 4) is 5.75 Å². The SMILES string of the molecule is COc1ccc(S(=O)(=O)N2CC(C)CC(C(=O)O)C2)c(C)c1. The maximum Gasteiger partial charge on any atom is 0.307 e. The van der Waals surface area contributed by atoms with Gasteiger partial charge in [0.1, 0.15) is 5.75 Å². The highest BCUT2D eigenvalue weighted by atomic mass is 32.2. The van der Waals surface area contributed by atoms with Crippen molar-refractivity contribution in [1.82, 2.24) is 4.31 Å². The Labute approximate surface area is 130 Å². The summed E-state index contributed by atoms with van der Waals surface area (Å²) in [5, 5.41) is 9.19. The van der Waals surface area contributed by atoms with Gasteiger partial charge in [-0.3, -0.25) is 4.79 Å². The van der Waals surface area contributed by atoms with E-state index in [1.165, 1.54) is 17.5 Å². The van der Waals surface area contributed by atoms with E-state index >= 15 is 0 Å². The van der Waals surface area contributed by atoms with Crippen LogP contribution in [0.2, 0.25) is 0 Å². The monoisotopic (exact) mass is 327 g/mol. The number of nitrogens with zero attached hydrogens (tertiary/aromatic N) is 1. The molecule has 0 bridgehead atoms. The second-order valence-corrected chi connectivity index (χ2v) is 7.74. The molecule has 1 aliphatic rings. The van der Waals surface area contributed by atoms with Crippen molar-refractivity contribution < 1.29 is 23.1 Å². The van der Waals surface area contributed by atoms with Crippen molar-refractivity contribution in [2.24, 2.45) is 11.8 Å². The molecule has 2 rings (SSSR count). The summed E-state index contributed by atoms with van der Waals surface area (Å²) in [7, 11) is -2.18. The summed E-state index contributed by atoms with van der Waals surface area (Å²) in [5.41, 5.74) is 0.587. The van der Waals surface area contributed by atoms with Crippen LogP contribution in [0.4, 0.5) is 0 Å². The quantitative estimate of drug-likeness (QED) is 0.910. The largest absolute Gasteiger partial charge is 0.497 e. The van der Waals surface area contributed by atoms with Crippen molar-refractivity contribution in [3.63, 3.8) is 0 Å². The smallest absolute Gasteiger partial charge is 0.307 e. The molecule has 6 nitrogen and oxygen atoms in total. The van der Waals surface area contributed by atoms with E-state index in [1.54, 1.807) is 19.1 Å². The average molecular weight is 327 g/mol. The van der Waals surface area contributed by atoms with E-state index < -0.39 is 21.9 Å². The van der Waals surface area contributed by atoms with Gasteiger partial charge in [0.05, 0.1) is 17.9 Å². The van der Waals surface area contributed by atoms with Crippen LogP contribution in [0.15, 0.2) is 23.1 Å². The number of piperidine rings is 1. The normalized spacial score (nSPS) is 23.2. The first-order valence-corrected chi connectivity index (χ1v) is 8.57. The summed E-state index contributed by atoms with van der Waals surface area (Å²) < 4.78 is 32.0. The first-order chi connectivity index (χ1) is 10.3. The third-order valence-electron chi connectivity index (χ3n) is 3.98. The van der Waals surface area contributed by atoms with Gasteiger partial charge >= 0.3 is 5.97 Å². The molecule has 1 saturated heterocycles. The molecule has 0 radical (unpaired) electrons. The molecule has 1 aromatic rings. The van der Waals surface area contributed by atoms with Gasteiger partial charge < -0.3 is 9.84 Å².